The van der Waals surface area contributed by atoms with Gasteiger partial charge in [-0.25, -0.2) is 13.2 Å². The molecular weight excluding hydrogens is 456 g/mol. The van der Waals surface area contributed by atoms with Gasteiger partial charge >= 0.3 is 6.03 Å². The summed E-state index contributed by atoms with van der Waals surface area (Å²) in [5, 5.41) is 2.80. The summed E-state index contributed by atoms with van der Waals surface area (Å²) in [5.41, 5.74) is 5.42. The van der Waals surface area contributed by atoms with Gasteiger partial charge in [0.2, 0.25) is 9.84 Å². The Morgan fingerprint density at radius 3 is 2.09 bits per heavy atom. The molecule has 1 aliphatic rings. The number of anilines is 1. The Balaban J connectivity index is 1.73. The van der Waals surface area contributed by atoms with Crippen LogP contribution in [-0.2, 0) is 14.7 Å². The SMILES string of the molecule is Cc1ccc(C)c(-c2ccc(C3(S(=O)(=O)c4ccccc4)CNC(=O)N3c3ccccc3)cc2)c1. The Morgan fingerprint density at radius 2 is 1.43 bits per heavy atom. The molecule has 4 aromatic rings. The minimum atomic E-state index is -4.03. The van der Waals surface area contributed by atoms with Crippen molar-refractivity contribution in [1.29, 1.82) is 0 Å². The molecule has 4 aromatic carbocycles. The van der Waals surface area contributed by atoms with Crippen molar-refractivity contribution >= 4 is 21.6 Å². The Labute approximate surface area is 206 Å². The van der Waals surface area contributed by atoms with Gasteiger partial charge < -0.3 is 5.32 Å². The molecule has 5 rings (SSSR count). The van der Waals surface area contributed by atoms with Crippen LogP contribution < -0.4 is 10.2 Å². The van der Waals surface area contributed by atoms with Crippen LogP contribution in [0.4, 0.5) is 10.5 Å². The van der Waals surface area contributed by atoms with E-state index in [0.717, 1.165) is 22.3 Å². The maximum Gasteiger partial charge on any atom is 0.323 e. The normalized spacial score (nSPS) is 17.9. The third kappa shape index (κ3) is 3.70. The zero-order chi connectivity index (χ0) is 24.6. The summed E-state index contributed by atoms with van der Waals surface area (Å²) in [6, 6.07) is 30.6. The highest BCUT2D eigenvalue weighted by molar-refractivity contribution is 7.92. The van der Waals surface area contributed by atoms with E-state index in [1.165, 1.54) is 4.90 Å². The first-order valence-corrected chi connectivity index (χ1v) is 12.9. The molecule has 0 aliphatic carbocycles. The number of sulfone groups is 1. The van der Waals surface area contributed by atoms with Gasteiger partial charge in [0, 0.05) is 5.69 Å². The zero-order valence-electron chi connectivity index (χ0n) is 19.6. The van der Waals surface area contributed by atoms with Crippen LogP contribution >= 0.6 is 0 Å². The second-order valence-electron chi connectivity index (χ2n) is 8.83. The smallest absolute Gasteiger partial charge is 0.323 e. The highest BCUT2D eigenvalue weighted by Crippen LogP contribution is 2.44. The number of rotatable bonds is 5. The number of para-hydroxylation sites is 1. The molecule has 1 fully saturated rings. The lowest BCUT2D eigenvalue weighted by atomic mass is 9.96. The predicted octanol–water partition coefficient (Wildman–Crippen LogP) is 5.83. The van der Waals surface area contributed by atoms with Gasteiger partial charge in [-0.1, -0.05) is 84.4 Å². The van der Waals surface area contributed by atoms with E-state index in [4.69, 9.17) is 0 Å². The molecule has 0 saturated carbocycles. The second kappa shape index (κ2) is 8.71. The molecule has 2 amide bonds. The van der Waals surface area contributed by atoms with Gasteiger partial charge in [0.15, 0.2) is 4.87 Å². The molecule has 0 aromatic heterocycles. The molecule has 1 aliphatic heterocycles. The Kier molecular flexibility index (Phi) is 5.69. The van der Waals surface area contributed by atoms with Crippen LogP contribution in [0.2, 0.25) is 0 Å². The number of urea groups is 1. The molecule has 0 bridgehead atoms. The van der Waals surface area contributed by atoms with Crippen LogP contribution in [0.5, 0.6) is 0 Å². The van der Waals surface area contributed by atoms with Gasteiger partial charge in [-0.05, 0) is 60.4 Å². The summed E-state index contributed by atoms with van der Waals surface area (Å²) >= 11 is 0. The number of nitrogens with one attached hydrogen (secondary N) is 1. The summed E-state index contributed by atoms with van der Waals surface area (Å²) in [6.45, 7) is 4.04. The van der Waals surface area contributed by atoms with Gasteiger partial charge in [0.25, 0.3) is 0 Å². The van der Waals surface area contributed by atoms with Gasteiger partial charge in [-0.2, -0.15) is 0 Å². The fourth-order valence-electron chi connectivity index (χ4n) is 4.77. The molecule has 1 N–H and O–H groups in total. The fourth-order valence-corrected chi connectivity index (χ4v) is 6.82. The molecule has 6 heteroatoms. The number of nitrogens with zero attached hydrogens (tertiary/aromatic N) is 1. The fraction of sp³-hybridized carbons (Fsp3) is 0.138. The Bertz CT molecular complexity index is 1480. The number of hydrogen-bond donors (Lipinski definition) is 1. The number of hydrogen-bond acceptors (Lipinski definition) is 3. The maximum atomic E-state index is 14.3. The summed E-state index contributed by atoms with van der Waals surface area (Å²) in [6.07, 6.45) is 0. The van der Waals surface area contributed by atoms with Crippen LogP contribution in [0.3, 0.4) is 0 Å². The van der Waals surface area contributed by atoms with E-state index in [-0.39, 0.29) is 11.4 Å². The molecule has 1 saturated heterocycles. The number of aryl methyl sites for hydroxylation is 2. The van der Waals surface area contributed by atoms with Gasteiger partial charge in [0.1, 0.15) is 0 Å². The van der Waals surface area contributed by atoms with Crippen molar-refractivity contribution in [1.82, 2.24) is 5.32 Å². The lowest BCUT2D eigenvalue weighted by molar-refractivity contribution is 0.251. The number of carbonyl (C=O) groups excluding carboxylic acids is 1. The predicted molar refractivity (Wildman–Crippen MR) is 139 cm³/mol. The van der Waals surface area contributed by atoms with E-state index in [1.807, 2.05) is 37.3 Å². The van der Waals surface area contributed by atoms with Crippen molar-refractivity contribution in [2.24, 2.45) is 0 Å². The van der Waals surface area contributed by atoms with E-state index in [0.29, 0.717) is 11.3 Å². The monoisotopic (exact) mass is 482 g/mol. The number of amides is 2. The first-order valence-electron chi connectivity index (χ1n) is 11.5. The zero-order valence-corrected chi connectivity index (χ0v) is 20.4. The van der Waals surface area contributed by atoms with E-state index in [1.54, 1.807) is 54.6 Å². The van der Waals surface area contributed by atoms with Crippen LogP contribution in [0, 0.1) is 13.8 Å². The van der Waals surface area contributed by atoms with E-state index in [2.05, 4.69) is 30.4 Å². The molecule has 0 spiro atoms. The first-order chi connectivity index (χ1) is 16.8. The van der Waals surface area contributed by atoms with Crippen LogP contribution in [0.25, 0.3) is 11.1 Å². The molecule has 1 heterocycles. The van der Waals surface area contributed by atoms with Gasteiger partial charge in [-0.15, -0.1) is 0 Å². The van der Waals surface area contributed by atoms with E-state index < -0.39 is 20.7 Å². The van der Waals surface area contributed by atoms with Crippen molar-refractivity contribution in [3.8, 4) is 11.1 Å². The molecule has 0 radical (unpaired) electrons. The Hall–Kier alpha value is -3.90. The van der Waals surface area contributed by atoms with Crippen LogP contribution in [0.15, 0.2) is 108 Å². The van der Waals surface area contributed by atoms with E-state index >= 15 is 0 Å². The number of benzene rings is 4. The average molecular weight is 483 g/mol. The molecule has 5 nitrogen and oxygen atoms in total. The van der Waals surface area contributed by atoms with Gasteiger partial charge in [0.05, 0.1) is 11.4 Å². The van der Waals surface area contributed by atoms with Crippen molar-refractivity contribution in [3.63, 3.8) is 0 Å². The quantitative estimate of drug-likeness (QED) is 0.389. The molecule has 1 atom stereocenters. The lowest BCUT2D eigenvalue weighted by Gasteiger charge is -2.37. The summed E-state index contributed by atoms with van der Waals surface area (Å²) in [5.74, 6) is 0. The van der Waals surface area contributed by atoms with Gasteiger partial charge in [-0.3, -0.25) is 4.90 Å². The summed E-state index contributed by atoms with van der Waals surface area (Å²) in [4.78, 5) is 13.1. The largest absolute Gasteiger partial charge is 0.334 e. The lowest BCUT2D eigenvalue weighted by Crippen LogP contribution is -2.51. The third-order valence-electron chi connectivity index (χ3n) is 6.60. The summed E-state index contributed by atoms with van der Waals surface area (Å²) < 4.78 is 28.6. The van der Waals surface area contributed by atoms with Crippen molar-refractivity contribution in [2.45, 2.75) is 23.6 Å². The Morgan fingerprint density at radius 1 is 0.800 bits per heavy atom. The average Bonchev–Trinajstić information content (AvgIpc) is 3.25. The van der Waals surface area contributed by atoms with Crippen molar-refractivity contribution in [3.05, 3.63) is 120 Å². The van der Waals surface area contributed by atoms with Crippen LogP contribution in [0.1, 0.15) is 16.7 Å². The first kappa shape index (κ1) is 22.9. The van der Waals surface area contributed by atoms with Crippen molar-refractivity contribution in [2.75, 3.05) is 11.4 Å². The maximum absolute atomic E-state index is 14.3. The third-order valence-corrected chi connectivity index (χ3v) is 8.94. The van der Waals surface area contributed by atoms with Crippen molar-refractivity contribution < 1.29 is 13.2 Å². The molecule has 35 heavy (non-hydrogen) atoms. The standard InChI is InChI=1S/C29H26N2O3S/c1-21-13-14-22(2)27(19-21)23-15-17-24(18-16-23)29(35(33,34)26-11-7-4-8-12-26)20-30-28(32)31(29)25-9-5-3-6-10-25/h3-19H,20H2,1-2H3,(H,30,32). The van der Waals surface area contributed by atoms with Crippen LogP contribution in [-0.4, -0.2) is 21.0 Å². The number of carbonyl (C=O) groups is 1. The van der Waals surface area contributed by atoms with E-state index in [9.17, 15) is 13.2 Å². The molecule has 1 unspecified atom stereocenters. The second-order valence-corrected chi connectivity index (χ2v) is 11.0. The minimum Gasteiger partial charge on any atom is -0.334 e. The highest BCUT2D eigenvalue weighted by Gasteiger charge is 2.57. The molecule has 176 valence electrons. The summed E-state index contributed by atoms with van der Waals surface area (Å²) in [7, 11) is -4.03. The topological polar surface area (TPSA) is 66.5 Å². The molecular formula is C29H26N2O3S. The highest BCUT2D eigenvalue weighted by atomic mass is 32.2. The minimum absolute atomic E-state index is 0.0687.